The minimum Gasteiger partial charge on any atom is -0.497 e. The van der Waals surface area contributed by atoms with Gasteiger partial charge in [0.25, 0.3) is 0 Å². The van der Waals surface area contributed by atoms with E-state index in [1.807, 2.05) is 30.5 Å². The highest BCUT2D eigenvalue weighted by molar-refractivity contribution is 8.00. The predicted octanol–water partition coefficient (Wildman–Crippen LogP) is 3.73. The molecule has 0 saturated carbocycles. The number of hydrogen-bond acceptors (Lipinski definition) is 6. The molecule has 0 radical (unpaired) electrons. The number of ether oxygens (including phenoxy) is 1. The molecule has 26 heavy (non-hydrogen) atoms. The van der Waals surface area contributed by atoms with E-state index < -0.39 is 0 Å². The Balaban J connectivity index is 1.79. The van der Waals surface area contributed by atoms with E-state index in [4.69, 9.17) is 4.74 Å². The lowest BCUT2D eigenvalue weighted by atomic mass is 10.1. The Hall–Kier alpha value is -2.67. The molecule has 7 heteroatoms. The summed E-state index contributed by atoms with van der Waals surface area (Å²) in [6.45, 7) is 4.64. The Bertz CT molecular complexity index is 878. The van der Waals surface area contributed by atoms with Gasteiger partial charge in [-0.1, -0.05) is 11.8 Å². The van der Waals surface area contributed by atoms with Gasteiger partial charge in [0.1, 0.15) is 5.75 Å². The van der Waals surface area contributed by atoms with Crippen LogP contribution in [0.1, 0.15) is 24.2 Å². The third-order valence-electron chi connectivity index (χ3n) is 4.00. The number of carbonyl (C=O) groups excluding carboxylic acids is 1. The molecule has 0 spiro atoms. The van der Waals surface area contributed by atoms with Gasteiger partial charge in [0, 0.05) is 30.1 Å². The highest BCUT2D eigenvalue weighted by Crippen LogP contribution is 2.28. The fraction of sp³-hybridized carbons (Fsp3) is 0.263. The quantitative estimate of drug-likeness (QED) is 0.467. The first-order valence-corrected chi connectivity index (χ1v) is 9.20. The number of hydrogen-bond donors (Lipinski definition) is 0. The predicted molar refractivity (Wildman–Crippen MR) is 102 cm³/mol. The van der Waals surface area contributed by atoms with Crippen LogP contribution in [0.5, 0.6) is 5.75 Å². The van der Waals surface area contributed by atoms with Crippen LogP contribution in [-0.2, 0) is 6.54 Å². The smallest absolute Gasteiger partial charge is 0.192 e. The molecule has 0 saturated heterocycles. The van der Waals surface area contributed by atoms with Crippen molar-refractivity contribution >= 4 is 17.5 Å². The Labute approximate surface area is 156 Å². The summed E-state index contributed by atoms with van der Waals surface area (Å²) in [6.07, 6.45) is 3.46. The minimum absolute atomic E-state index is 0.0498. The largest absolute Gasteiger partial charge is 0.497 e. The average molecular weight is 368 g/mol. The van der Waals surface area contributed by atoms with Gasteiger partial charge < -0.3 is 9.30 Å². The van der Waals surface area contributed by atoms with Gasteiger partial charge in [-0.15, -0.1) is 10.2 Å². The summed E-state index contributed by atoms with van der Waals surface area (Å²) in [6, 6.07) is 10.9. The number of carbonyl (C=O) groups is 1. The van der Waals surface area contributed by atoms with Crippen LogP contribution in [0.4, 0.5) is 0 Å². The van der Waals surface area contributed by atoms with Gasteiger partial charge in [0.2, 0.25) is 0 Å². The number of Topliss-reactive ketones (excluding diaryl/α,β-unsaturated/α-hetero) is 1. The van der Waals surface area contributed by atoms with Crippen molar-refractivity contribution in [2.45, 2.75) is 30.8 Å². The van der Waals surface area contributed by atoms with Crippen molar-refractivity contribution in [1.82, 2.24) is 19.7 Å². The van der Waals surface area contributed by atoms with Gasteiger partial charge in [-0.2, -0.15) is 0 Å². The van der Waals surface area contributed by atoms with Gasteiger partial charge in [-0.05, 0) is 50.2 Å². The van der Waals surface area contributed by atoms with Gasteiger partial charge in [-0.3, -0.25) is 9.78 Å². The maximum Gasteiger partial charge on any atom is 0.192 e. The van der Waals surface area contributed by atoms with Crippen LogP contribution in [-0.4, -0.2) is 37.9 Å². The second-order valence-corrected chi connectivity index (χ2v) is 6.95. The van der Waals surface area contributed by atoms with Crippen LogP contribution >= 0.6 is 11.8 Å². The third kappa shape index (κ3) is 3.77. The van der Waals surface area contributed by atoms with Crippen LogP contribution in [0.25, 0.3) is 11.4 Å². The van der Waals surface area contributed by atoms with Crippen LogP contribution in [0.15, 0.2) is 53.9 Å². The van der Waals surface area contributed by atoms with Crippen molar-refractivity contribution in [2.75, 3.05) is 7.11 Å². The van der Waals surface area contributed by atoms with Crippen molar-refractivity contribution in [2.24, 2.45) is 0 Å². The normalized spacial score (nSPS) is 12.0. The first-order valence-electron chi connectivity index (χ1n) is 8.32. The molecule has 6 nitrogen and oxygen atoms in total. The zero-order chi connectivity index (χ0) is 18.5. The van der Waals surface area contributed by atoms with Crippen molar-refractivity contribution in [3.05, 3.63) is 54.4 Å². The zero-order valence-corrected chi connectivity index (χ0v) is 15.7. The summed E-state index contributed by atoms with van der Waals surface area (Å²) in [5.41, 5.74) is 1.61. The molecule has 0 aliphatic heterocycles. The lowest BCUT2D eigenvalue weighted by Crippen LogP contribution is -2.14. The molecule has 2 heterocycles. The zero-order valence-electron chi connectivity index (χ0n) is 14.9. The lowest BCUT2D eigenvalue weighted by molar-refractivity contribution is 0.0994. The Morgan fingerprint density at radius 1 is 1.15 bits per heavy atom. The summed E-state index contributed by atoms with van der Waals surface area (Å²) in [7, 11) is 1.60. The van der Waals surface area contributed by atoms with E-state index in [1.165, 1.54) is 11.8 Å². The Kier molecular flexibility index (Phi) is 5.68. The van der Waals surface area contributed by atoms with Crippen LogP contribution in [0.3, 0.4) is 0 Å². The summed E-state index contributed by atoms with van der Waals surface area (Å²) >= 11 is 1.42. The van der Waals surface area contributed by atoms with Gasteiger partial charge >= 0.3 is 0 Å². The highest BCUT2D eigenvalue weighted by atomic mass is 32.2. The number of aromatic nitrogens is 4. The number of nitrogens with zero attached hydrogens (tertiary/aromatic N) is 4. The molecule has 1 atom stereocenters. The first kappa shape index (κ1) is 18.1. The molecule has 0 fully saturated rings. The summed E-state index contributed by atoms with van der Waals surface area (Å²) in [4.78, 5) is 16.7. The van der Waals surface area contributed by atoms with E-state index in [2.05, 4.69) is 15.2 Å². The SMILES string of the molecule is CCn1c(SC(C)C(=O)c2ccc(OC)cc2)nnc1-c1ccncc1. The van der Waals surface area contributed by atoms with E-state index >= 15 is 0 Å². The number of rotatable bonds is 7. The van der Waals surface area contributed by atoms with Crippen LogP contribution < -0.4 is 4.74 Å². The molecule has 0 bridgehead atoms. The summed E-state index contributed by atoms with van der Waals surface area (Å²) in [5.74, 6) is 1.56. The molecular formula is C19H20N4O2S. The fourth-order valence-corrected chi connectivity index (χ4v) is 3.57. The minimum atomic E-state index is -0.275. The molecule has 3 rings (SSSR count). The summed E-state index contributed by atoms with van der Waals surface area (Å²) in [5, 5.41) is 9.05. The molecule has 2 aromatic heterocycles. The van der Waals surface area contributed by atoms with Gasteiger partial charge in [0.05, 0.1) is 12.4 Å². The number of thioether (sulfide) groups is 1. The van der Waals surface area contributed by atoms with Gasteiger partial charge in [0.15, 0.2) is 16.8 Å². The molecule has 134 valence electrons. The number of ketones is 1. The highest BCUT2D eigenvalue weighted by Gasteiger charge is 2.21. The first-order chi connectivity index (χ1) is 12.6. The summed E-state index contributed by atoms with van der Waals surface area (Å²) < 4.78 is 7.15. The molecule has 0 aliphatic carbocycles. The molecular weight excluding hydrogens is 348 g/mol. The maximum atomic E-state index is 12.7. The standard InChI is InChI=1S/C19H20N4O2S/c1-4-23-18(15-9-11-20-12-10-15)21-22-19(23)26-13(2)17(24)14-5-7-16(25-3)8-6-14/h5-13H,4H2,1-3H3. The Morgan fingerprint density at radius 2 is 1.85 bits per heavy atom. The maximum absolute atomic E-state index is 12.7. The average Bonchev–Trinajstić information content (AvgIpc) is 3.10. The third-order valence-corrected chi connectivity index (χ3v) is 5.08. The second kappa shape index (κ2) is 8.14. The number of methoxy groups -OCH3 is 1. The van der Waals surface area contributed by atoms with Crippen molar-refractivity contribution < 1.29 is 9.53 Å². The van der Waals surface area contributed by atoms with E-state index in [1.54, 1.807) is 43.8 Å². The van der Waals surface area contributed by atoms with Crippen molar-refractivity contribution in [3.63, 3.8) is 0 Å². The molecule has 0 N–H and O–H groups in total. The van der Waals surface area contributed by atoms with Gasteiger partial charge in [-0.25, -0.2) is 0 Å². The van der Waals surface area contributed by atoms with Crippen LogP contribution in [0, 0.1) is 0 Å². The lowest BCUT2D eigenvalue weighted by Gasteiger charge is -2.12. The monoisotopic (exact) mass is 368 g/mol. The van der Waals surface area contributed by atoms with Crippen LogP contribution in [0.2, 0.25) is 0 Å². The number of benzene rings is 1. The molecule has 0 amide bonds. The second-order valence-electron chi connectivity index (χ2n) is 5.64. The molecule has 1 unspecified atom stereocenters. The van der Waals surface area contributed by atoms with Crippen molar-refractivity contribution in [1.29, 1.82) is 0 Å². The number of pyridine rings is 1. The van der Waals surface area contributed by atoms with E-state index in [-0.39, 0.29) is 11.0 Å². The van der Waals surface area contributed by atoms with E-state index in [9.17, 15) is 4.79 Å². The van der Waals surface area contributed by atoms with E-state index in [0.717, 1.165) is 28.8 Å². The molecule has 1 aromatic carbocycles. The Morgan fingerprint density at radius 3 is 2.46 bits per heavy atom. The van der Waals surface area contributed by atoms with Crippen molar-refractivity contribution in [3.8, 4) is 17.1 Å². The molecule has 0 aliphatic rings. The van der Waals surface area contributed by atoms with E-state index in [0.29, 0.717) is 5.56 Å². The fourth-order valence-electron chi connectivity index (χ4n) is 2.58. The topological polar surface area (TPSA) is 69.9 Å². The molecule has 3 aromatic rings.